The van der Waals surface area contributed by atoms with Crippen LogP contribution < -0.4 is 11.2 Å². The summed E-state index contributed by atoms with van der Waals surface area (Å²) in [4.78, 5) is 30.3. The van der Waals surface area contributed by atoms with E-state index in [1.165, 1.54) is 7.05 Å². The van der Waals surface area contributed by atoms with Gasteiger partial charge >= 0.3 is 5.69 Å². The van der Waals surface area contributed by atoms with Crippen molar-refractivity contribution in [2.75, 3.05) is 0 Å². The second-order valence-electron chi connectivity index (χ2n) is 4.86. The predicted molar refractivity (Wildman–Crippen MR) is 83.2 cm³/mol. The van der Waals surface area contributed by atoms with Gasteiger partial charge in [-0.1, -0.05) is 30.3 Å². The van der Waals surface area contributed by atoms with E-state index in [0.29, 0.717) is 5.82 Å². The van der Waals surface area contributed by atoms with Crippen molar-refractivity contribution in [3.63, 3.8) is 0 Å². The summed E-state index contributed by atoms with van der Waals surface area (Å²) >= 11 is 0. The zero-order valence-corrected chi connectivity index (χ0v) is 12.1. The van der Waals surface area contributed by atoms with Crippen molar-refractivity contribution in [3.8, 4) is 0 Å². The van der Waals surface area contributed by atoms with Crippen molar-refractivity contribution in [2.45, 2.75) is 6.92 Å². The van der Waals surface area contributed by atoms with E-state index < -0.39 is 11.2 Å². The highest BCUT2D eigenvalue weighted by Gasteiger charge is 2.10. The maximum atomic E-state index is 12.1. The zero-order valence-electron chi connectivity index (χ0n) is 12.1. The van der Waals surface area contributed by atoms with E-state index in [0.717, 1.165) is 15.7 Å². The molecular weight excluding hydrogens is 282 g/mol. The second kappa shape index (κ2) is 5.36. The predicted octanol–water partition coefficient (Wildman–Crippen LogP) is 0.972. The van der Waals surface area contributed by atoms with Gasteiger partial charge in [-0.25, -0.2) is 9.78 Å². The Labute approximate surface area is 125 Å². The summed E-state index contributed by atoms with van der Waals surface area (Å²) < 4.78 is 0.955. The van der Waals surface area contributed by atoms with Crippen LogP contribution in [0.15, 0.2) is 39.9 Å². The number of nitrogens with one attached hydrogen (secondary N) is 1. The highest BCUT2D eigenvalue weighted by Crippen LogP contribution is 2.13. The minimum atomic E-state index is -0.544. The van der Waals surface area contributed by atoms with Crippen LogP contribution in [0.3, 0.4) is 0 Å². The number of aromatic nitrogens is 5. The Kier molecular flexibility index (Phi) is 3.38. The maximum absolute atomic E-state index is 12.1. The van der Waals surface area contributed by atoms with E-state index in [1.807, 2.05) is 43.3 Å². The van der Waals surface area contributed by atoms with Crippen molar-refractivity contribution in [2.24, 2.45) is 7.05 Å². The summed E-state index contributed by atoms with van der Waals surface area (Å²) in [6.45, 7) is 1.84. The van der Waals surface area contributed by atoms with Crippen LogP contribution in [0.25, 0.3) is 22.8 Å². The van der Waals surface area contributed by atoms with Gasteiger partial charge in [0.25, 0.3) is 5.56 Å². The molecule has 0 unspecified atom stereocenters. The molecule has 0 saturated heterocycles. The number of benzene rings is 1. The third kappa shape index (κ3) is 2.44. The maximum Gasteiger partial charge on any atom is 0.329 e. The zero-order chi connectivity index (χ0) is 15.7. The molecule has 3 rings (SSSR count). The molecule has 7 heteroatoms. The van der Waals surface area contributed by atoms with Crippen LogP contribution in [0, 0.1) is 0 Å². The monoisotopic (exact) mass is 295 g/mol. The molecule has 0 saturated carbocycles. The first-order chi connectivity index (χ1) is 10.6. The van der Waals surface area contributed by atoms with Crippen LogP contribution in [0.4, 0.5) is 0 Å². The molecule has 22 heavy (non-hydrogen) atoms. The Morgan fingerprint density at radius 3 is 2.64 bits per heavy atom. The molecule has 1 aromatic carbocycles. The molecule has 3 aromatic rings. The molecule has 0 aliphatic heterocycles. The summed E-state index contributed by atoms with van der Waals surface area (Å²) in [5.41, 5.74) is 0.907. The highest BCUT2D eigenvalue weighted by atomic mass is 16.2. The lowest BCUT2D eigenvalue weighted by atomic mass is 10.1. The Morgan fingerprint density at radius 2 is 1.91 bits per heavy atom. The van der Waals surface area contributed by atoms with E-state index in [-0.39, 0.29) is 11.2 Å². The van der Waals surface area contributed by atoms with Crippen molar-refractivity contribution >= 4 is 22.8 Å². The second-order valence-corrected chi connectivity index (χ2v) is 4.86. The smallest absolute Gasteiger partial charge is 0.288 e. The van der Waals surface area contributed by atoms with Crippen LogP contribution in [-0.4, -0.2) is 24.7 Å². The van der Waals surface area contributed by atoms with Crippen molar-refractivity contribution in [1.82, 2.24) is 24.7 Å². The fourth-order valence-corrected chi connectivity index (χ4v) is 2.03. The standard InChI is InChI=1S/C15H13N5O2/c1-9(8-10-6-4-3-5-7-10)12-16-11-13(19-18-12)17-15(22)20(2)14(11)21/h3-8H,1-2H3,(H,17,19,22). The molecule has 0 atom stereocenters. The number of hydrogen-bond acceptors (Lipinski definition) is 5. The Bertz CT molecular complexity index is 986. The molecule has 0 aliphatic rings. The Balaban J connectivity index is 2.15. The molecule has 110 valence electrons. The van der Waals surface area contributed by atoms with Crippen LogP contribution in [0.5, 0.6) is 0 Å². The average molecular weight is 295 g/mol. The first kappa shape index (κ1) is 13.9. The van der Waals surface area contributed by atoms with Gasteiger partial charge in [0.05, 0.1) is 0 Å². The third-order valence-electron chi connectivity index (χ3n) is 3.26. The van der Waals surface area contributed by atoms with Crippen molar-refractivity contribution in [3.05, 3.63) is 62.6 Å². The average Bonchev–Trinajstić information content (AvgIpc) is 2.53. The Hall–Kier alpha value is -3.09. The van der Waals surface area contributed by atoms with E-state index in [9.17, 15) is 9.59 Å². The number of allylic oxidation sites excluding steroid dienone is 1. The van der Waals surface area contributed by atoms with E-state index in [1.54, 1.807) is 0 Å². The topological polar surface area (TPSA) is 93.5 Å². The summed E-state index contributed by atoms with van der Waals surface area (Å²) in [6.07, 6.45) is 1.90. The van der Waals surface area contributed by atoms with Crippen LogP contribution in [0.1, 0.15) is 18.3 Å². The molecule has 0 radical (unpaired) electrons. The highest BCUT2D eigenvalue weighted by molar-refractivity contribution is 5.79. The van der Waals surface area contributed by atoms with Gasteiger partial charge < -0.3 is 0 Å². The van der Waals surface area contributed by atoms with Gasteiger partial charge in [0.2, 0.25) is 0 Å². The molecule has 0 fully saturated rings. The molecule has 0 amide bonds. The van der Waals surface area contributed by atoms with Crippen molar-refractivity contribution in [1.29, 1.82) is 0 Å². The molecule has 0 spiro atoms. The molecule has 2 aromatic heterocycles. The van der Waals surface area contributed by atoms with E-state index in [2.05, 4.69) is 20.2 Å². The lowest BCUT2D eigenvalue weighted by Crippen LogP contribution is -2.33. The fraction of sp³-hybridized carbons (Fsp3) is 0.133. The number of rotatable bonds is 2. The number of fused-ring (bicyclic) bond motifs is 1. The van der Waals surface area contributed by atoms with Gasteiger partial charge in [0.15, 0.2) is 17.0 Å². The molecule has 2 heterocycles. The fourth-order valence-electron chi connectivity index (χ4n) is 2.03. The van der Waals surface area contributed by atoms with Crippen molar-refractivity contribution < 1.29 is 0 Å². The van der Waals surface area contributed by atoms with Gasteiger partial charge in [-0.2, -0.15) is 0 Å². The number of H-pyrrole nitrogens is 1. The largest absolute Gasteiger partial charge is 0.329 e. The molecular formula is C15H13N5O2. The SMILES string of the molecule is CC(=Cc1ccccc1)c1nnc2[nH]c(=O)n(C)c(=O)c2n1. The summed E-state index contributed by atoms with van der Waals surface area (Å²) in [5.74, 6) is 0.348. The number of hydrogen-bond donors (Lipinski definition) is 1. The molecule has 7 nitrogen and oxygen atoms in total. The third-order valence-corrected chi connectivity index (χ3v) is 3.26. The quantitative estimate of drug-likeness (QED) is 0.760. The van der Waals surface area contributed by atoms with E-state index >= 15 is 0 Å². The first-order valence-electron chi connectivity index (χ1n) is 6.64. The van der Waals surface area contributed by atoms with Gasteiger partial charge in [0, 0.05) is 7.05 Å². The van der Waals surface area contributed by atoms with Gasteiger partial charge in [-0.05, 0) is 24.1 Å². The molecule has 1 N–H and O–H groups in total. The molecule has 0 bridgehead atoms. The lowest BCUT2D eigenvalue weighted by Gasteiger charge is -2.02. The minimum absolute atomic E-state index is 0.0874. The number of aromatic amines is 1. The van der Waals surface area contributed by atoms with Gasteiger partial charge in [-0.3, -0.25) is 14.3 Å². The van der Waals surface area contributed by atoms with Gasteiger partial charge in [-0.15, -0.1) is 10.2 Å². The minimum Gasteiger partial charge on any atom is -0.288 e. The van der Waals surface area contributed by atoms with Crippen LogP contribution in [-0.2, 0) is 7.05 Å². The Morgan fingerprint density at radius 1 is 1.18 bits per heavy atom. The summed E-state index contributed by atoms with van der Waals surface area (Å²) in [6, 6.07) is 9.70. The normalized spacial score (nSPS) is 11.8. The van der Waals surface area contributed by atoms with E-state index in [4.69, 9.17) is 0 Å². The molecule has 0 aliphatic carbocycles. The number of nitrogens with zero attached hydrogens (tertiary/aromatic N) is 4. The first-order valence-corrected chi connectivity index (χ1v) is 6.64. The lowest BCUT2D eigenvalue weighted by molar-refractivity contribution is 0.779. The van der Waals surface area contributed by atoms with Crippen LogP contribution >= 0.6 is 0 Å². The van der Waals surface area contributed by atoms with Crippen LogP contribution in [0.2, 0.25) is 0 Å². The summed E-state index contributed by atoms with van der Waals surface area (Å²) in [5, 5.41) is 7.85. The van der Waals surface area contributed by atoms with Gasteiger partial charge in [0.1, 0.15) is 0 Å². The summed E-state index contributed by atoms with van der Waals surface area (Å²) in [7, 11) is 1.38.